The Morgan fingerprint density at radius 3 is 2.50 bits per heavy atom. The molecule has 1 unspecified atom stereocenters. The van der Waals surface area contributed by atoms with E-state index in [1.54, 1.807) is 6.07 Å². The van der Waals surface area contributed by atoms with Crippen LogP contribution in [0.25, 0.3) is 0 Å². The Balaban J connectivity index is 1.90. The minimum absolute atomic E-state index is 0.0178. The van der Waals surface area contributed by atoms with Gasteiger partial charge in [-0.25, -0.2) is 13.2 Å². The molecule has 0 saturated heterocycles. The Morgan fingerprint density at radius 2 is 1.82 bits per heavy atom. The van der Waals surface area contributed by atoms with E-state index in [1.807, 2.05) is 0 Å². The molecule has 22 heavy (non-hydrogen) atoms. The number of carbonyl (C=O) groups is 1. The van der Waals surface area contributed by atoms with E-state index in [-0.39, 0.29) is 28.8 Å². The van der Waals surface area contributed by atoms with Crippen molar-refractivity contribution < 1.29 is 22.7 Å². The zero-order chi connectivity index (χ0) is 16.1. The van der Waals surface area contributed by atoms with Crippen LogP contribution < -0.4 is 4.74 Å². The van der Waals surface area contributed by atoms with E-state index < -0.39 is 23.6 Å². The number of hydrogen-bond donors (Lipinski definition) is 0. The van der Waals surface area contributed by atoms with Crippen molar-refractivity contribution in [1.82, 2.24) is 0 Å². The Labute approximate surface area is 134 Å². The van der Waals surface area contributed by atoms with Crippen molar-refractivity contribution in [2.75, 3.05) is 6.61 Å². The van der Waals surface area contributed by atoms with Gasteiger partial charge in [-0.05, 0) is 52.3 Å². The van der Waals surface area contributed by atoms with Gasteiger partial charge in [0.15, 0.2) is 23.5 Å². The Morgan fingerprint density at radius 1 is 1.14 bits per heavy atom. The summed E-state index contributed by atoms with van der Waals surface area (Å²) < 4.78 is 45.6. The number of halogens is 4. The topological polar surface area (TPSA) is 26.3 Å². The van der Waals surface area contributed by atoms with E-state index in [1.165, 1.54) is 24.3 Å². The lowest BCUT2D eigenvalue weighted by atomic mass is 10.1. The maximum absolute atomic E-state index is 13.8. The minimum atomic E-state index is -1.79. The fraction of sp³-hybridized carbons (Fsp3) is 0.188. The van der Waals surface area contributed by atoms with Gasteiger partial charge in [0, 0.05) is 12.0 Å². The molecule has 0 amide bonds. The summed E-state index contributed by atoms with van der Waals surface area (Å²) in [5.74, 6) is -1.85. The number of carbonyl (C=O) groups excluding carboxylic acids is 1. The summed E-state index contributed by atoms with van der Waals surface area (Å²) in [5, 5.41) is 0. The lowest BCUT2D eigenvalue weighted by Gasteiger charge is -2.10. The molecule has 2 aromatic rings. The average Bonchev–Trinajstić information content (AvgIpc) is 2.51. The number of alkyl halides is 1. The van der Waals surface area contributed by atoms with Crippen molar-refractivity contribution in [2.45, 2.75) is 12.6 Å². The number of hydrogen-bond acceptors (Lipinski definition) is 2. The van der Waals surface area contributed by atoms with Crippen LogP contribution in [-0.4, -0.2) is 18.6 Å². The molecule has 0 aromatic heterocycles. The molecule has 0 bridgehead atoms. The molecule has 0 aliphatic carbocycles. The molecular weight excluding hydrogens is 361 g/mol. The zero-order valence-corrected chi connectivity index (χ0v) is 12.9. The van der Waals surface area contributed by atoms with Crippen molar-refractivity contribution in [3.8, 4) is 5.75 Å². The van der Waals surface area contributed by atoms with Crippen LogP contribution in [0.5, 0.6) is 5.75 Å². The van der Waals surface area contributed by atoms with Gasteiger partial charge in [-0.3, -0.25) is 4.79 Å². The van der Waals surface area contributed by atoms with Crippen LogP contribution in [0.15, 0.2) is 46.9 Å². The van der Waals surface area contributed by atoms with Crippen LogP contribution in [0, 0.1) is 11.6 Å². The van der Waals surface area contributed by atoms with Gasteiger partial charge in [-0.2, -0.15) is 0 Å². The Kier molecular flexibility index (Phi) is 5.60. The minimum Gasteiger partial charge on any atom is -0.490 e. The molecule has 1 atom stereocenters. The van der Waals surface area contributed by atoms with E-state index >= 15 is 0 Å². The predicted octanol–water partition coefficient (Wildman–Crippen LogP) is 4.72. The first kappa shape index (κ1) is 16.5. The van der Waals surface area contributed by atoms with Crippen LogP contribution in [0.1, 0.15) is 16.8 Å². The second-order valence-electron chi connectivity index (χ2n) is 4.53. The molecule has 2 rings (SSSR count). The van der Waals surface area contributed by atoms with Gasteiger partial charge in [-0.15, -0.1) is 0 Å². The molecule has 0 heterocycles. The maximum atomic E-state index is 13.8. The van der Waals surface area contributed by atoms with Gasteiger partial charge >= 0.3 is 0 Å². The predicted molar refractivity (Wildman–Crippen MR) is 79.8 cm³/mol. The van der Waals surface area contributed by atoms with Gasteiger partial charge in [0.25, 0.3) is 0 Å². The highest BCUT2D eigenvalue weighted by Crippen LogP contribution is 2.24. The number of Topliss-reactive ketones (excluding diaryl/α,β-unsaturated/α-hetero) is 1. The first-order chi connectivity index (χ1) is 10.5. The molecule has 0 N–H and O–H groups in total. The van der Waals surface area contributed by atoms with E-state index in [4.69, 9.17) is 4.74 Å². The van der Waals surface area contributed by atoms with E-state index in [2.05, 4.69) is 15.9 Å². The summed E-state index contributed by atoms with van der Waals surface area (Å²) in [6.07, 6.45) is -2.01. The molecule has 116 valence electrons. The van der Waals surface area contributed by atoms with Gasteiger partial charge in [-0.1, -0.05) is 6.07 Å². The average molecular weight is 373 g/mol. The molecular formula is C16H12BrF3O2. The van der Waals surface area contributed by atoms with Crippen LogP contribution in [0.2, 0.25) is 0 Å². The van der Waals surface area contributed by atoms with E-state index in [0.717, 1.165) is 12.1 Å². The third-order valence-electron chi connectivity index (χ3n) is 2.96. The normalized spacial score (nSPS) is 12.0. The van der Waals surface area contributed by atoms with E-state index in [0.29, 0.717) is 0 Å². The smallest absolute Gasteiger partial charge is 0.197 e. The van der Waals surface area contributed by atoms with E-state index in [9.17, 15) is 18.0 Å². The van der Waals surface area contributed by atoms with Crippen LogP contribution in [0.4, 0.5) is 13.2 Å². The summed E-state index contributed by atoms with van der Waals surface area (Å²) in [6, 6.07) is 9.13. The highest BCUT2D eigenvalue weighted by Gasteiger charge is 2.19. The molecule has 0 saturated carbocycles. The number of ketones is 1. The van der Waals surface area contributed by atoms with Crippen LogP contribution >= 0.6 is 15.9 Å². The van der Waals surface area contributed by atoms with Crippen molar-refractivity contribution in [3.05, 3.63) is 64.1 Å². The zero-order valence-electron chi connectivity index (χ0n) is 11.4. The van der Waals surface area contributed by atoms with Crippen molar-refractivity contribution in [3.63, 3.8) is 0 Å². The van der Waals surface area contributed by atoms with Crippen LogP contribution in [0.3, 0.4) is 0 Å². The van der Waals surface area contributed by atoms with Crippen molar-refractivity contribution in [2.24, 2.45) is 0 Å². The fourth-order valence-electron chi connectivity index (χ4n) is 1.79. The molecule has 2 aromatic carbocycles. The monoisotopic (exact) mass is 372 g/mol. The van der Waals surface area contributed by atoms with Gasteiger partial charge in [0.05, 0.1) is 11.1 Å². The number of ether oxygens (including phenoxy) is 1. The van der Waals surface area contributed by atoms with Crippen molar-refractivity contribution >= 4 is 21.7 Å². The standard InChI is InChI=1S/C16H12BrF3O2/c17-12-2-1-3-14(15(12)20)22-9-8-13(19)16(21)10-4-6-11(18)7-5-10/h1-7,13H,8-9H2. The maximum Gasteiger partial charge on any atom is 0.197 e. The summed E-state index contributed by atoms with van der Waals surface area (Å²) in [7, 11) is 0. The number of benzene rings is 2. The highest BCUT2D eigenvalue weighted by atomic mass is 79.9. The third-order valence-corrected chi connectivity index (χ3v) is 3.57. The first-order valence-corrected chi connectivity index (χ1v) is 7.29. The third kappa shape index (κ3) is 4.10. The first-order valence-electron chi connectivity index (χ1n) is 6.49. The quantitative estimate of drug-likeness (QED) is 0.686. The largest absolute Gasteiger partial charge is 0.490 e. The van der Waals surface area contributed by atoms with Crippen LogP contribution in [-0.2, 0) is 0 Å². The van der Waals surface area contributed by atoms with Gasteiger partial charge < -0.3 is 4.74 Å². The number of rotatable bonds is 6. The second-order valence-corrected chi connectivity index (χ2v) is 5.38. The highest BCUT2D eigenvalue weighted by molar-refractivity contribution is 9.10. The summed E-state index contributed by atoms with van der Waals surface area (Å²) in [5.41, 5.74) is 0.0857. The lowest BCUT2D eigenvalue weighted by Crippen LogP contribution is -2.19. The molecule has 0 fully saturated rings. The Bertz CT molecular complexity index is 659. The summed E-state index contributed by atoms with van der Waals surface area (Å²) in [4.78, 5) is 11.8. The molecule has 6 heteroatoms. The van der Waals surface area contributed by atoms with Gasteiger partial charge in [0.2, 0.25) is 0 Å². The molecule has 0 spiro atoms. The second kappa shape index (κ2) is 7.45. The molecule has 0 aliphatic heterocycles. The molecule has 0 aliphatic rings. The SMILES string of the molecule is O=C(c1ccc(F)cc1)C(F)CCOc1cccc(Br)c1F. The lowest BCUT2D eigenvalue weighted by molar-refractivity contribution is 0.0850. The summed E-state index contributed by atoms with van der Waals surface area (Å²) in [6.45, 7) is -0.151. The fourth-order valence-corrected chi connectivity index (χ4v) is 2.14. The molecule has 0 radical (unpaired) electrons. The Hall–Kier alpha value is -1.82. The molecule has 2 nitrogen and oxygen atoms in total. The van der Waals surface area contributed by atoms with Crippen molar-refractivity contribution in [1.29, 1.82) is 0 Å². The van der Waals surface area contributed by atoms with Gasteiger partial charge in [0.1, 0.15) is 5.82 Å². The summed E-state index contributed by atoms with van der Waals surface area (Å²) >= 11 is 3.01.